The average Bonchev–Trinajstić information content (AvgIpc) is 2.44. The van der Waals surface area contributed by atoms with Crippen molar-refractivity contribution < 1.29 is 8.42 Å². The smallest absolute Gasteiger partial charge is 0.242 e. The topological polar surface area (TPSA) is 72.2 Å². The first-order valence-electron chi connectivity index (χ1n) is 7.11. The van der Waals surface area contributed by atoms with Crippen LogP contribution in [0.2, 0.25) is 0 Å². The van der Waals surface area contributed by atoms with Gasteiger partial charge in [-0.05, 0) is 44.4 Å². The van der Waals surface area contributed by atoms with Gasteiger partial charge in [0.25, 0.3) is 0 Å². The maximum absolute atomic E-state index is 12.7. The van der Waals surface area contributed by atoms with Crippen LogP contribution in [0.3, 0.4) is 0 Å². The molecule has 3 N–H and O–H groups in total. The van der Waals surface area contributed by atoms with Crippen molar-refractivity contribution in [3.05, 3.63) is 29.3 Å². The number of nitrogens with two attached hydrogens (primary N) is 1. The first kappa shape index (κ1) is 17.7. The minimum atomic E-state index is -3.61. The van der Waals surface area contributed by atoms with Gasteiger partial charge in [0.1, 0.15) is 0 Å². The Bertz CT molecular complexity index is 651. The van der Waals surface area contributed by atoms with Gasteiger partial charge in [-0.3, -0.25) is 0 Å². The number of benzene rings is 1. The van der Waals surface area contributed by atoms with Crippen LogP contribution in [0.25, 0.3) is 0 Å². The molecule has 0 aromatic heterocycles. The summed E-state index contributed by atoms with van der Waals surface area (Å²) in [5.74, 6) is 5.57. The van der Waals surface area contributed by atoms with Crippen molar-refractivity contribution in [2.45, 2.75) is 51.0 Å². The molecule has 0 atom stereocenters. The van der Waals surface area contributed by atoms with Crippen LogP contribution in [0.1, 0.15) is 44.7 Å². The standard InChI is InChI=1S/C16H24N2O2S/c1-5-16(4,6-2)18-21(19,20)15-10-9-13(3)12-14(15)8-7-11-17/h9-10,12,18H,5-6,11,17H2,1-4H3. The molecule has 0 saturated carbocycles. The maximum atomic E-state index is 12.7. The Morgan fingerprint density at radius 1 is 1.29 bits per heavy atom. The van der Waals surface area contributed by atoms with E-state index in [1.807, 2.05) is 27.7 Å². The van der Waals surface area contributed by atoms with Crippen molar-refractivity contribution in [3.63, 3.8) is 0 Å². The van der Waals surface area contributed by atoms with Crippen LogP contribution < -0.4 is 10.5 Å². The highest BCUT2D eigenvalue weighted by atomic mass is 32.2. The third-order valence-corrected chi connectivity index (χ3v) is 5.39. The molecule has 21 heavy (non-hydrogen) atoms. The Hall–Kier alpha value is -1.35. The van der Waals surface area contributed by atoms with Gasteiger partial charge in [-0.25, -0.2) is 13.1 Å². The summed E-state index contributed by atoms with van der Waals surface area (Å²) in [6.45, 7) is 7.94. The van der Waals surface area contributed by atoms with Gasteiger partial charge in [-0.1, -0.05) is 31.8 Å². The predicted molar refractivity (Wildman–Crippen MR) is 86.4 cm³/mol. The summed E-state index contributed by atoms with van der Waals surface area (Å²) in [7, 11) is -3.61. The highest BCUT2D eigenvalue weighted by Gasteiger charge is 2.28. The van der Waals surface area contributed by atoms with E-state index in [1.165, 1.54) is 0 Å². The second kappa shape index (κ2) is 7.08. The Labute approximate surface area is 128 Å². The van der Waals surface area contributed by atoms with Crippen LogP contribution in [0, 0.1) is 18.8 Å². The van der Waals surface area contributed by atoms with E-state index in [9.17, 15) is 8.42 Å². The third kappa shape index (κ3) is 4.57. The minimum absolute atomic E-state index is 0.197. The first-order valence-corrected chi connectivity index (χ1v) is 8.60. The van der Waals surface area contributed by atoms with Gasteiger partial charge in [-0.2, -0.15) is 0 Å². The molecule has 0 aliphatic heterocycles. The molecule has 1 aromatic rings. The van der Waals surface area contributed by atoms with E-state index in [2.05, 4.69) is 16.6 Å². The fourth-order valence-electron chi connectivity index (χ4n) is 1.90. The van der Waals surface area contributed by atoms with Gasteiger partial charge < -0.3 is 5.73 Å². The SMILES string of the molecule is CCC(C)(CC)NS(=O)(=O)c1ccc(C)cc1C#CCN. The lowest BCUT2D eigenvalue weighted by Crippen LogP contribution is -2.45. The largest absolute Gasteiger partial charge is 0.320 e. The monoisotopic (exact) mass is 308 g/mol. The van der Waals surface area contributed by atoms with Crippen LogP contribution in [0.5, 0.6) is 0 Å². The van der Waals surface area contributed by atoms with Gasteiger partial charge in [0.05, 0.1) is 11.4 Å². The Morgan fingerprint density at radius 2 is 1.90 bits per heavy atom. The van der Waals surface area contributed by atoms with Crippen molar-refractivity contribution in [1.82, 2.24) is 4.72 Å². The molecular formula is C16H24N2O2S. The van der Waals surface area contributed by atoms with E-state index in [4.69, 9.17) is 5.73 Å². The zero-order valence-electron chi connectivity index (χ0n) is 13.2. The molecule has 0 fully saturated rings. The highest BCUT2D eigenvalue weighted by Crippen LogP contribution is 2.22. The molecule has 0 heterocycles. The van der Waals surface area contributed by atoms with Gasteiger partial charge in [-0.15, -0.1) is 0 Å². The average molecular weight is 308 g/mol. The van der Waals surface area contributed by atoms with Crippen LogP contribution in [0.4, 0.5) is 0 Å². The van der Waals surface area contributed by atoms with E-state index in [0.29, 0.717) is 5.56 Å². The van der Waals surface area contributed by atoms with Crippen LogP contribution >= 0.6 is 0 Å². The molecule has 0 aliphatic carbocycles. The van der Waals surface area contributed by atoms with E-state index in [1.54, 1.807) is 18.2 Å². The molecule has 0 spiro atoms. The summed E-state index contributed by atoms with van der Waals surface area (Å²) in [6, 6.07) is 5.15. The van der Waals surface area contributed by atoms with Crippen molar-refractivity contribution in [1.29, 1.82) is 0 Å². The van der Waals surface area contributed by atoms with Crippen molar-refractivity contribution in [3.8, 4) is 11.8 Å². The normalized spacial score (nSPS) is 11.9. The zero-order chi connectivity index (χ0) is 16.1. The lowest BCUT2D eigenvalue weighted by Gasteiger charge is -2.28. The fourth-order valence-corrected chi connectivity index (χ4v) is 3.59. The van der Waals surface area contributed by atoms with Gasteiger partial charge in [0.2, 0.25) is 10.0 Å². The van der Waals surface area contributed by atoms with Crippen LogP contribution in [0.15, 0.2) is 23.1 Å². The first-order chi connectivity index (χ1) is 9.78. The Kier molecular flexibility index (Phi) is 5.97. The fraction of sp³-hybridized carbons (Fsp3) is 0.500. The van der Waals surface area contributed by atoms with Gasteiger partial charge >= 0.3 is 0 Å². The lowest BCUT2D eigenvalue weighted by molar-refractivity contribution is 0.388. The van der Waals surface area contributed by atoms with E-state index in [-0.39, 0.29) is 11.4 Å². The third-order valence-electron chi connectivity index (χ3n) is 3.69. The van der Waals surface area contributed by atoms with E-state index >= 15 is 0 Å². The number of rotatable bonds is 5. The number of hydrogen-bond donors (Lipinski definition) is 2. The zero-order valence-corrected chi connectivity index (χ0v) is 14.0. The number of aryl methyl sites for hydroxylation is 1. The quantitative estimate of drug-likeness (QED) is 0.819. The molecule has 0 unspecified atom stereocenters. The summed E-state index contributed by atoms with van der Waals surface area (Å²) >= 11 is 0. The van der Waals surface area contributed by atoms with E-state index in [0.717, 1.165) is 18.4 Å². The maximum Gasteiger partial charge on any atom is 0.242 e. The van der Waals surface area contributed by atoms with E-state index < -0.39 is 15.6 Å². The van der Waals surface area contributed by atoms with Gasteiger partial charge in [0, 0.05) is 11.1 Å². The van der Waals surface area contributed by atoms with Gasteiger partial charge in [0.15, 0.2) is 0 Å². The molecule has 0 saturated heterocycles. The summed E-state index contributed by atoms with van der Waals surface area (Å²) in [4.78, 5) is 0.210. The molecule has 0 amide bonds. The summed E-state index contributed by atoms with van der Waals surface area (Å²) in [5, 5.41) is 0. The minimum Gasteiger partial charge on any atom is -0.320 e. The summed E-state index contributed by atoms with van der Waals surface area (Å²) in [5.41, 5.74) is 6.37. The molecule has 1 aromatic carbocycles. The molecule has 0 radical (unpaired) electrons. The van der Waals surface area contributed by atoms with Crippen LogP contribution in [-0.2, 0) is 10.0 Å². The highest BCUT2D eigenvalue weighted by molar-refractivity contribution is 7.89. The molecule has 4 nitrogen and oxygen atoms in total. The summed E-state index contributed by atoms with van der Waals surface area (Å²) < 4.78 is 28.1. The summed E-state index contributed by atoms with van der Waals surface area (Å²) in [6.07, 6.45) is 1.44. The predicted octanol–water partition coefficient (Wildman–Crippen LogP) is 2.16. The second-order valence-electron chi connectivity index (χ2n) is 5.38. The lowest BCUT2D eigenvalue weighted by atomic mass is 9.98. The Balaban J connectivity index is 3.32. The molecule has 1 rings (SSSR count). The molecule has 116 valence electrons. The Morgan fingerprint density at radius 3 is 2.43 bits per heavy atom. The van der Waals surface area contributed by atoms with Crippen molar-refractivity contribution >= 4 is 10.0 Å². The number of sulfonamides is 1. The van der Waals surface area contributed by atoms with Crippen LogP contribution in [-0.4, -0.2) is 20.5 Å². The number of nitrogens with one attached hydrogen (secondary N) is 1. The number of hydrogen-bond acceptors (Lipinski definition) is 3. The van der Waals surface area contributed by atoms with Crippen molar-refractivity contribution in [2.24, 2.45) is 5.73 Å². The second-order valence-corrected chi connectivity index (χ2v) is 7.03. The molecule has 0 aliphatic rings. The van der Waals surface area contributed by atoms with Crippen molar-refractivity contribution in [2.75, 3.05) is 6.54 Å². The molecule has 0 bridgehead atoms. The molecular weight excluding hydrogens is 284 g/mol. The molecule has 5 heteroatoms.